The molecule has 1 N–H and O–H groups in total. The maximum Gasteiger partial charge on any atom is 0.338 e. The number of aromatic hydroxyl groups is 1. The van der Waals surface area contributed by atoms with E-state index in [1.54, 1.807) is 12.1 Å². The first kappa shape index (κ1) is 20.9. The minimum atomic E-state index is -0.404. The van der Waals surface area contributed by atoms with Crippen LogP contribution in [0.5, 0.6) is 5.75 Å². The molecule has 2 unspecified atom stereocenters. The molecule has 1 aromatic rings. The number of phenolic OH excluding ortho intramolecular Hbond substituents is 1. The molecule has 7 heteroatoms. The molecule has 0 saturated heterocycles. The van der Waals surface area contributed by atoms with E-state index >= 15 is 0 Å². The Morgan fingerprint density at radius 3 is 2.00 bits per heavy atom. The third kappa shape index (κ3) is 5.54. The van der Waals surface area contributed by atoms with Gasteiger partial charge in [0.2, 0.25) is 0 Å². The Morgan fingerprint density at radius 1 is 1.19 bits per heavy atom. The molecule has 1 aromatic carbocycles. The minimum absolute atomic E-state index is 0. The smallest absolute Gasteiger partial charge is 0.338 e. The maximum absolute atomic E-state index is 12.1. The van der Waals surface area contributed by atoms with Crippen molar-refractivity contribution >= 4 is 37.8 Å². The van der Waals surface area contributed by atoms with E-state index in [0.717, 1.165) is 0 Å². The van der Waals surface area contributed by atoms with Gasteiger partial charge in [0.05, 0.1) is 35.7 Å². The summed E-state index contributed by atoms with van der Waals surface area (Å²) in [5.41, 5.74) is 0.391. The summed E-state index contributed by atoms with van der Waals surface area (Å²) in [6, 6.07) is 3.26. The number of likely N-dealkylation sites (N-methyl/N-ethyl adjacent to an activating group) is 1. The van der Waals surface area contributed by atoms with Crippen LogP contribution in [-0.2, 0) is 4.74 Å². The molecule has 0 heterocycles. The van der Waals surface area contributed by atoms with Gasteiger partial charge in [-0.2, -0.15) is 0 Å². The van der Waals surface area contributed by atoms with E-state index in [-0.39, 0.29) is 34.9 Å². The van der Waals surface area contributed by atoms with Gasteiger partial charge in [0, 0.05) is 0 Å². The number of halogens is 3. The monoisotopic (exact) mass is 487 g/mol. The first-order chi connectivity index (χ1) is 9.04. The van der Waals surface area contributed by atoms with Crippen molar-refractivity contribution in [2.75, 3.05) is 21.1 Å². The summed E-state index contributed by atoms with van der Waals surface area (Å²) in [4.78, 5) is 12.1. The summed E-state index contributed by atoms with van der Waals surface area (Å²) < 4.78 is 7.10. The van der Waals surface area contributed by atoms with Crippen molar-refractivity contribution in [2.45, 2.75) is 26.0 Å². The van der Waals surface area contributed by atoms with E-state index in [4.69, 9.17) is 4.74 Å². The number of carbonyl (C=O) groups excluding carboxylic acids is 1. The second-order valence-electron chi connectivity index (χ2n) is 5.76. The highest BCUT2D eigenvalue weighted by Crippen LogP contribution is 2.33. The first-order valence-electron chi connectivity index (χ1n) is 6.24. The zero-order valence-electron chi connectivity index (χ0n) is 12.7. The summed E-state index contributed by atoms with van der Waals surface area (Å²) in [6.07, 6.45) is -0.214. The number of ether oxygens (including phenoxy) is 1. The molecule has 1 rings (SSSR count). The SMILES string of the molecule is CC(OC(=O)c1cc(Br)c(O)c(Br)c1)C(C)[N+](C)(C)C.[Br-]. The number of nitrogens with zero attached hydrogens (tertiary/aromatic N) is 1. The Labute approximate surface area is 153 Å². The molecule has 21 heavy (non-hydrogen) atoms. The fraction of sp³-hybridized carbons (Fsp3) is 0.500. The van der Waals surface area contributed by atoms with E-state index in [2.05, 4.69) is 53.0 Å². The number of esters is 1. The average molecular weight is 490 g/mol. The van der Waals surface area contributed by atoms with Crippen LogP contribution in [0.3, 0.4) is 0 Å². The van der Waals surface area contributed by atoms with Gasteiger partial charge in [-0.3, -0.25) is 0 Å². The topological polar surface area (TPSA) is 46.5 Å². The van der Waals surface area contributed by atoms with Crippen molar-refractivity contribution < 1.29 is 36.1 Å². The normalized spacial score (nSPS) is 14.0. The first-order valence-corrected chi connectivity index (χ1v) is 7.82. The predicted molar refractivity (Wildman–Crippen MR) is 85.9 cm³/mol. The largest absolute Gasteiger partial charge is 1.00 e. The number of rotatable bonds is 4. The highest BCUT2D eigenvalue weighted by atomic mass is 79.9. The third-order valence-corrected chi connectivity index (χ3v) is 4.66. The van der Waals surface area contributed by atoms with Gasteiger partial charge in [0.1, 0.15) is 11.8 Å². The van der Waals surface area contributed by atoms with Crippen LogP contribution in [0.4, 0.5) is 0 Å². The molecule has 0 radical (unpaired) electrons. The van der Waals surface area contributed by atoms with Gasteiger partial charge in [0.25, 0.3) is 0 Å². The Hall–Kier alpha value is -0.110. The van der Waals surface area contributed by atoms with Crippen LogP contribution < -0.4 is 17.0 Å². The second-order valence-corrected chi connectivity index (χ2v) is 7.46. The number of benzene rings is 1. The number of phenols is 1. The highest BCUT2D eigenvalue weighted by Gasteiger charge is 2.28. The highest BCUT2D eigenvalue weighted by molar-refractivity contribution is 9.11. The van der Waals surface area contributed by atoms with Crippen molar-refractivity contribution in [3.05, 3.63) is 26.6 Å². The average Bonchev–Trinajstić information content (AvgIpc) is 2.32. The van der Waals surface area contributed by atoms with E-state index in [1.807, 2.05) is 13.8 Å². The quantitative estimate of drug-likeness (QED) is 0.497. The summed E-state index contributed by atoms with van der Waals surface area (Å²) >= 11 is 6.40. The van der Waals surface area contributed by atoms with Crippen LogP contribution in [0.1, 0.15) is 24.2 Å². The van der Waals surface area contributed by atoms with Crippen LogP contribution >= 0.6 is 31.9 Å². The van der Waals surface area contributed by atoms with Gasteiger partial charge in [-0.1, -0.05) is 0 Å². The molecular formula is C14H20Br3NO3. The summed E-state index contributed by atoms with van der Waals surface area (Å²) in [7, 11) is 6.17. The van der Waals surface area contributed by atoms with Gasteiger partial charge >= 0.3 is 5.97 Å². The van der Waals surface area contributed by atoms with E-state index in [0.29, 0.717) is 19.0 Å². The van der Waals surface area contributed by atoms with E-state index < -0.39 is 5.97 Å². The molecule has 2 atom stereocenters. The van der Waals surface area contributed by atoms with E-state index in [9.17, 15) is 9.90 Å². The molecule has 4 nitrogen and oxygen atoms in total. The molecule has 0 bridgehead atoms. The Morgan fingerprint density at radius 2 is 1.62 bits per heavy atom. The number of carbonyl (C=O) groups is 1. The van der Waals surface area contributed by atoms with Crippen LogP contribution in [0.2, 0.25) is 0 Å². The number of quaternary nitrogens is 1. The standard InChI is InChI=1S/C14H19Br2NO3.BrH/c1-8(17(3,4)5)9(2)20-14(19)10-6-11(15)13(18)12(16)7-10;/h6-9H,1-5H3;1H. The Kier molecular flexibility index (Phi) is 7.90. The lowest BCUT2D eigenvalue weighted by molar-refractivity contribution is -0.897. The molecule has 0 amide bonds. The number of hydrogen-bond donors (Lipinski definition) is 1. The van der Waals surface area contributed by atoms with Gasteiger partial charge in [-0.05, 0) is 57.8 Å². The molecule has 0 aromatic heterocycles. The van der Waals surface area contributed by atoms with Crippen LogP contribution in [0.25, 0.3) is 0 Å². The van der Waals surface area contributed by atoms with Crippen molar-refractivity contribution in [1.82, 2.24) is 0 Å². The Balaban J connectivity index is 0.00000400. The van der Waals surface area contributed by atoms with E-state index in [1.165, 1.54) is 0 Å². The summed E-state index contributed by atoms with van der Waals surface area (Å²) in [5.74, 6) is -0.339. The van der Waals surface area contributed by atoms with Crippen LogP contribution in [0.15, 0.2) is 21.1 Å². The predicted octanol–water partition coefficient (Wildman–Crippen LogP) is 0.561. The van der Waals surface area contributed by atoms with Crippen molar-refractivity contribution in [2.24, 2.45) is 0 Å². The Bertz CT molecular complexity index is 492. The van der Waals surface area contributed by atoms with Gasteiger partial charge < -0.3 is 31.3 Å². The zero-order chi connectivity index (χ0) is 15.7. The lowest BCUT2D eigenvalue weighted by Gasteiger charge is -2.34. The van der Waals surface area contributed by atoms with Gasteiger partial charge in [-0.25, -0.2) is 4.79 Å². The molecule has 0 aliphatic carbocycles. The molecule has 0 aliphatic heterocycles. The van der Waals surface area contributed by atoms with Crippen molar-refractivity contribution in [1.29, 1.82) is 0 Å². The second kappa shape index (κ2) is 7.94. The molecule has 0 fully saturated rings. The van der Waals surface area contributed by atoms with Crippen molar-refractivity contribution in [3.63, 3.8) is 0 Å². The minimum Gasteiger partial charge on any atom is -1.00 e. The van der Waals surface area contributed by atoms with Crippen LogP contribution in [0, 0.1) is 0 Å². The number of hydrogen-bond acceptors (Lipinski definition) is 3. The fourth-order valence-electron chi connectivity index (χ4n) is 1.65. The molecular weight excluding hydrogens is 470 g/mol. The summed E-state index contributed by atoms with van der Waals surface area (Å²) in [5, 5.41) is 9.64. The zero-order valence-corrected chi connectivity index (χ0v) is 17.4. The summed E-state index contributed by atoms with van der Waals surface area (Å²) in [6.45, 7) is 3.93. The molecule has 0 spiro atoms. The fourth-order valence-corrected chi connectivity index (χ4v) is 2.83. The molecule has 0 saturated carbocycles. The lowest BCUT2D eigenvalue weighted by Crippen LogP contribution is -3.00. The lowest BCUT2D eigenvalue weighted by atomic mass is 10.1. The molecule has 0 aliphatic rings. The van der Waals surface area contributed by atoms with Crippen molar-refractivity contribution in [3.8, 4) is 5.75 Å². The third-order valence-electron chi connectivity index (χ3n) is 3.45. The van der Waals surface area contributed by atoms with Gasteiger partial charge in [-0.15, -0.1) is 0 Å². The van der Waals surface area contributed by atoms with Crippen LogP contribution in [-0.4, -0.2) is 48.8 Å². The van der Waals surface area contributed by atoms with Gasteiger partial charge in [0.15, 0.2) is 6.10 Å². The maximum atomic E-state index is 12.1. The molecule has 120 valence electrons.